The van der Waals surface area contributed by atoms with Crippen LogP contribution in [0, 0.1) is 6.08 Å². The average Bonchev–Trinajstić information content (AvgIpc) is 2.22. The van der Waals surface area contributed by atoms with Crippen LogP contribution in [0.3, 0.4) is 0 Å². The van der Waals surface area contributed by atoms with Crippen LogP contribution in [0.15, 0.2) is 18.2 Å². The van der Waals surface area contributed by atoms with Gasteiger partial charge in [0.25, 0.3) is 0 Å². The molecule has 0 bridgehead atoms. The van der Waals surface area contributed by atoms with E-state index in [9.17, 15) is 0 Å². The fraction of sp³-hybridized carbons (Fsp3) is 0.714. The van der Waals surface area contributed by atoms with Crippen molar-refractivity contribution in [3.8, 4) is 0 Å². The Morgan fingerprint density at radius 2 is 1.29 bits per heavy atom. The zero-order valence-corrected chi connectivity index (χ0v) is 9.30. The van der Waals surface area contributed by atoms with Crippen molar-refractivity contribution in [2.75, 3.05) is 0 Å². The van der Waals surface area contributed by atoms with Gasteiger partial charge in [-0.2, -0.15) is 0 Å². The lowest BCUT2D eigenvalue weighted by molar-refractivity contribution is 0.583. The average molecular weight is 191 g/mol. The molecule has 0 amide bonds. The third kappa shape index (κ3) is 6.94. The molecular weight excluding hydrogens is 168 g/mol. The highest BCUT2D eigenvalue weighted by Crippen LogP contribution is 2.10. The maximum Gasteiger partial charge on any atom is -0.00979 e. The van der Waals surface area contributed by atoms with E-state index in [1.165, 1.54) is 57.8 Å². The van der Waals surface area contributed by atoms with E-state index in [-0.39, 0.29) is 0 Å². The van der Waals surface area contributed by atoms with Gasteiger partial charge < -0.3 is 0 Å². The molecule has 0 saturated carbocycles. The first-order valence-corrected chi connectivity index (χ1v) is 6.20. The van der Waals surface area contributed by atoms with Crippen molar-refractivity contribution in [1.82, 2.24) is 0 Å². The van der Waals surface area contributed by atoms with Crippen LogP contribution in [0.1, 0.15) is 64.2 Å². The molecule has 0 heterocycles. The lowest BCUT2D eigenvalue weighted by Crippen LogP contribution is -1.81. The highest BCUT2D eigenvalue weighted by Gasteiger charge is 1.91. The first-order chi connectivity index (χ1) is 7.00. The van der Waals surface area contributed by atoms with Crippen molar-refractivity contribution in [3.63, 3.8) is 0 Å². The van der Waals surface area contributed by atoms with Crippen LogP contribution in [0.5, 0.6) is 0 Å². The molecule has 0 unspecified atom stereocenters. The summed E-state index contributed by atoms with van der Waals surface area (Å²) in [6.07, 6.45) is 23.5. The molecule has 1 aliphatic rings. The first kappa shape index (κ1) is 11.6. The summed E-state index contributed by atoms with van der Waals surface area (Å²) >= 11 is 0. The highest BCUT2D eigenvalue weighted by atomic mass is 14.0. The number of hydrogen-bond donors (Lipinski definition) is 0. The van der Waals surface area contributed by atoms with E-state index >= 15 is 0 Å². The standard InChI is InChI=1S/C14H23/c1-2-4-6-8-10-12-14-13-11-9-7-5-3-1/h1-2,8H,3-5,7,9-14H2/b2-1+,8-6?. The first-order valence-electron chi connectivity index (χ1n) is 6.20. The predicted octanol–water partition coefficient (Wildman–Crippen LogP) is 4.82. The van der Waals surface area contributed by atoms with Gasteiger partial charge in [-0.3, -0.25) is 0 Å². The maximum absolute atomic E-state index is 3.33. The van der Waals surface area contributed by atoms with Gasteiger partial charge in [0.15, 0.2) is 0 Å². The molecular formula is C14H23. The van der Waals surface area contributed by atoms with E-state index in [1.54, 1.807) is 0 Å². The number of allylic oxidation sites excluding steroid dienone is 4. The van der Waals surface area contributed by atoms with Crippen LogP contribution in [0.4, 0.5) is 0 Å². The molecule has 1 rings (SSSR count). The van der Waals surface area contributed by atoms with E-state index in [4.69, 9.17) is 0 Å². The Balaban J connectivity index is 2.17. The van der Waals surface area contributed by atoms with Gasteiger partial charge in [-0.15, -0.1) is 0 Å². The summed E-state index contributed by atoms with van der Waals surface area (Å²) in [5.74, 6) is 0. The Morgan fingerprint density at radius 1 is 0.643 bits per heavy atom. The van der Waals surface area contributed by atoms with Gasteiger partial charge in [-0.25, -0.2) is 0 Å². The zero-order chi connectivity index (χ0) is 9.90. The molecule has 0 atom stereocenters. The van der Waals surface area contributed by atoms with Crippen molar-refractivity contribution in [2.45, 2.75) is 64.2 Å². The molecule has 0 nitrogen and oxygen atoms in total. The summed E-state index contributed by atoms with van der Waals surface area (Å²) in [4.78, 5) is 0. The van der Waals surface area contributed by atoms with Crippen LogP contribution in [0.2, 0.25) is 0 Å². The Hall–Kier alpha value is -0.520. The second-order valence-corrected chi connectivity index (χ2v) is 4.14. The van der Waals surface area contributed by atoms with Crippen molar-refractivity contribution in [3.05, 3.63) is 24.3 Å². The number of rotatable bonds is 0. The zero-order valence-electron chi connectivity index (χ0n) is 9.30. The summed E-state index contributed by atoms with van der Waals surface area (Å²) in [6.45, 7) is 0. The molecule has 79 valence electrons. The fourth-order valence-electron chi connectivity index (χ4n) is 1.85. The van der Waals surface area contributed by atoms with Crippen LogP contribution in [-0.2, 0) is 0 Å². The fourth-order valence-corrected chi connectivity index (χ4v) is 1.85. The maximum atomic E-state index is 3.33. The van der Waals surface area contributed by atoms with Crippen LogP contribution >= 0.6 is 0 Å². The molecule has 0 aromatic heterocycles. The largest absolute Gasteiger partial charge is 0.0882 e. The van der Waals surface area contributed by atoms with Gasteiger partial charge in [0.1, 0.15) is 0 Å². The van der Waals surface area contributed by atoms with E-state index in [1.807, 2.05) is 0 Å². The summed E-state index contributed by atoms with van der Waals surface area (Å²) in [6, 6.07) is 0. The number of hydrogen-bond acceptors (Lipinski definition) is 0. The van der Waals surface area contributed by atoms with E-state index in [0.29, 0.717) is 0 Å². The Labute approximate surface area is 89.1 Å². The molecule has 0 aliphatic heterocycles. The van der Waals surface area contributed by atoms with Crippen LogP contribution in [-0.4, -0.2) is 0 Å². The highest BCUT2D eigenvalue weighted by molar-refractivity contribution is 4.87. The monoisotopic (exact) mass is 191 g/mol. The van der Waals surface area contributed by atoms with Gasteiger partial charge in [0, 0.05) is 0 Å². The quantitative estimate of drug-likeness (QED) is 0.482. The van der Waals surface area contributed by atoms with Crippen LogP contribution < -0.4 is 0 Å². The van der Waals surface area contributed by atoms with Gasteiger partial charge in [-0.1, -0.05) is 50.3 Å². The topological polar surface area (TPSA) is 0 Å². The Morgan fingerprint density at radius 3 is 2.07 bits per heavy atom. The minimum Gasteiger partial charge on any atom is -0.0882 e. The van der Waals surface area contributed by atoms with E-state index in [2.05, 4.69) is 24.3 Å². The van der Waals surface area contributed by atoms with Crippen molar-refractivity contribution in [2.24, 2.45) is 0 Å². The molecule has 1 radical (unpaired) electrons. The third-order valence-electron chi connectivity index (χ3n) is 2.77. The second kappa shape index (κ2) is 9.05. The smallest absolute Gasteiger partial charge is 0.00979 e. The molecule has 1 aliphatic carbocycles. The Kier molecular flexibility index (Phi) is 7.47. The normalized spacial score (nSPS) is 26.3. The van der Waals surface area contributed by atoms with E-state index < -0.39 is 0 Å². The minimum absolute atomic E-state index is 1.01. The predicted molar refractivity (Wildman–Crippen MR) is 63.1 cm³/mol. The molecule has 0 fully saturated rings. The molecule has 0 heteroatoms. The second-order valence-electron chi connectivity index (χ2n) is 4.14. The summed E-state index contributed by atoms with van der Waals surface area (Å²) in [5, 5.41) is 0. The van der Waals surface area contributed by atoms with Gasteiger partial charge in [-0.05, 0) is 38.2 Å². The van der Waals surface area contributed by atoms with Gasteiger partial charge >= 0.3 is 0 Å². The molecule has 0 saturated heterocycles. The SMILES string of the molecule is [C]1=C/CCCCCCCCC/C=C/C/1. The van der Waals surface area contributed by atoms with Crippen molar-refractivity contribution >= 4 is 0 Å². The summed E-state index contributed by atoms with van der Waals surface area (Å²) in [7, 11) is 0. The van der Waals surface area contributed by atoms with E-state index in [0.717, 1.165) is 6.42 Å². The lowest BCUT2D eigenvalue weighted by atomic mass is 10.1. The third-order valence-corrected chi connectivity index (χ3v) is 2.77. The molecule has 14 heavy (non-hydrogen) atoms. The summed E-state index contributed by atoms with van der Waals surface area (Å²) < 4.78 is 0. The molecule has 0 N–H and O–H groups in total. The van der Waals surface area contributed by atoms with Crippen molar-refractivity contribution in [1.29, 1.82) is 0 Å². The lowest BCUT2D eigenvalue weighted by Gasteiger charge is -2.00. The summed E-state index contributed by atoms with van der Waals surface area (Å²) in [5.41, 5.74) is 0. The minimum atomic E-state index is 1.01. The van der Waals surface area contributed by atoms with Crippen LogP contribution in [0.25, 0.3) is 0 Å². The molecule has 0 spiro atoms. The van der Waals surface area contributed by atoms with Gasteiger partial charge in [0.2, 0.25) is 0 Å². The van der Waals surface area contributed by atoms with Crippen molar-refractivity contribution < 1.29 is 0 Å². The molecule has 0 aromatic carbocycles. The Bertz CT molecular complexity index is 147. The van der Waals surface area contributed by atoms with Gasteiger partial charge in [0.05, 0.1) is 0 Å². The molecule has 0 aromatic rings.